The number of para-hydroxylation sites is 1. The van der Waals surface area contributed by atoms with E-state index < -0.39 is 0 Å². The van der Waals surface area contributed by atoms with E-state index in [2.05, 4.69) is 11.4 Å². The predicted octanol–water partition coefficient (Wildman–Crippen LogP) is 2.54. The zero-order valence-corrected chi connectivity index (χ0v) is 16.2. The summed E-state index contributed by atoms with van der Waals surface area (Å²) in [5, 5.41) is 3.24. The van der Waals surface area contributed by atoms with Crippen LogP contribution in [0.5, 0.6) is 0 Å². The van der Waals surface area contributed by atoms with Gasteiger partial charge in [0.1, 0.15) is 0 Å². The van der Waals surface area contributed by atoms with E-state index in [1.54, 1.807) is 11.8 Å². The molecule has 0 aromatic heterocycles. The highest BCUT2D eigenvalue weighted by Gasteiger charge is 2.26. The fourth-order valence-electron chi connectivity index (χ4n) is 3.37. The van der Waals surface area contributed by atoms with Crippen LogP contribution >= 0.6 is 24.2 Å². The van der Waals surface area contributed by atoms with Crippen molar-refractivity contribution in [2.75, 3.05) is 37.3 Å². The number of hydrogen-bond acceptors (Lipinski definition) is 4. The van der Waals surface area contributed by atoms with Gasteiger partial charge in [-0.25, -0.2) is 0 Å². The van der Waals surface area contributed by atoms with E-state index in [9.17, 15) is 9.59 Å². The highest BCUT2D eigenvalue weighted by Crippen LogP contribution is 2.34. The van der Waals surface area contributed by atoms with Gasteiger partial charge in [0.15, 0.2) is 0 Å². The molecule has 2 aliphatic rings. The number of halogens is 1. The Balaban J connectivity index is 0.00000225. The number of likely N-dealkylation sites (tertiary alicyclic amines) is 1. The van der Waals surface area contributed by atoms with Crippen LogP contribution in [0.1, 0.15) is 25.7 Å². The molecule has 2 aliphatic heterocycles. The molecule has 2 amide bonds. The van der Waals surface area contributed by atoms with Crippen LogP contribution in [0.25, 0.3) is 0 Å². The number of nitrogens with one attached hydrogen (secondary N) is 1. The van der Waals surface area contributed by atoms with Crippen LogP contribution in [0.4, 0.5) is 5.69 Å². The van der Waals surface area contributed by atoms with E-state index in [0.717, 1.165) is 48.8 Å². The van der Waals surface area contributed by atoms with E-state index in [0.29, 0.717) is 18.9 Å². The summed E-state index contributed by atoms with van der Waals surface area (Å²) in [5.41, 5.74) is 0.986. The van der Waals surface area contributed by atoms with Gasteiger partial charge < -0.3 is 15.1 Å². The molecular formula is C18H26ClN3O2S. The van der Waals surface area contributed by atoms with Crippen molar-refractivity contribution in [3.8, 4) is 0 Å². The van der Waals surface area contributed by atoms with Gasteiger partial charge in [0.25, 0.3) is 0 Å². The Labute approximate surface area is 159 Å². The Morgan fingerprint density at radius 2 is 1.96 bits per heavy atom. The molecule has 1 N–H and O–H groups in total. The highest BCUT2D eigenvalue weighted by molar-refractivity contribution is 7.99. The standard InChI is InChI=1S/C18H25N3O2S.ClH/c1-19-14-5-4-10-20(13-14)17(22)8-9-18(23)21-11-12-24-16-7-3-2-6-15(16)21;/h2-3,6-7,14,19H,4-5,8-13H2,1H3;1H. The van der Waals surface area contributed by atoms with Crippen molar-refractivity contribution in [1.82, 2.24) is 10.2 Å². The maximum Gasteiger partial charge on any atom is 0.227 e. The highest BCUT2D eigenvalue weighted by atomic mass is 35.5. The number of hydrogen-bond donors (Lipinski definition) is 1. The van der Waals surface area contributed by atoms with Crippen LogP contribution in [-0.2, 0) is 9.59 Å². The molecule has 1 aromatic rings. The minimum atomic E-state index is 0. The monoisotopic (exact) mass is 383 g/mol. The van der Waals surface area contributed by atoms with Gasteiger partial charge in [-0.2, -0.15) is 0 Å². The third kappa shape index (κ3) is 4.90. The van der Waals surface area contributed by atoms with Gasteiger partial charge >= 0.3 is 0 Å². The molecule has 138 valence electrons. The van der Waals surface area contributed by atoms with Crippen molar-refractivity contribution >= 4 is 41.7 Å². The number of piperidine rings is 1. The van der Waals surface area contributed by atoms with E-state index in [-0.39, 0.29) is 24.2 Å². The van der Waals surface area contributed by atoms with Crippen LogP contribution in [0.3, 0.4) is 0 Å². The summed E-state index contributed by atoms with van der Waals surface area (Å²) in [6, 6.07) is 8.38. The van der Waals surface area contributed by atoms with Crippen LogP contribution in [-0.4, -0.2) is 55.2 Å². The zero-order chi connectivity index (χ0) is 16.9. The number of nitrogens with zero attached hydrogens (tertiary/aromatic N) is 2. The summed E-state index contributed by atoms with van der Waals surface area (Å²) in [5.74, 6) is 1.06. The minimum Gasteiger partial charge on any atom is -0.341 e. The smallest absolute Gasteiger partial charge is 0.227 e. The Hall–Kier alpha value is -1.24. The second-order valence-electron chi connectivity index (χ2n) is 6.33. The number of carbonyl (C=O) groups is 2. The Kier molecular flexibility index (Phi) is 7.59. The molecule has 1 fully saturated rings. The van der Waals surface area contributed by atoms with E-state index >= 15 is 0 Å². The number of anilines is 1. The Morgan fingerprint density at radius 3 is 2.76 bits per heavy atom. The minimum absolute atomic E-state index is 0. The summed E-state index contributed by atoms with van der Waals surface area (Å²) >= 11 is 1.78. The molecule has 0 spiro atoms. The topological polar surface area (TPSA) is 52.7 Å². The molecule has 1 atom stereocenters. The van der Waals surface area contributed by atoms with Crippen molar-refractivity contribution in [3.63, 3.8) is 0 Å². The molecule has 0 aliphatic carbocycles. The number of thioether (sulfide) groups is 1. The van der Waals surface area contributed by atoms with Gasteiger partial charge in [-0.1, -0.05) is 12.1 Å². The second kappa shape index (κ2) is 9.46. The number of carbonyl (C=O) groups excluding carboxylic acids is 2. The van der Waals surface area contributed by atoms with Gasteiger partial charge in [0.05, 0.1) is 5.69 Å². The molecule has 0 bridgehead atoms. The lowest BCUT2D eigenvalue weighted by Gasteiger charge is -2.33. The largest absolute Gasteiger partial charge is 0.341 e. The van der Waals surface area contributed by atoms with Crippen LogP contribution in [0.15, 0.2) is 29.2 Å². The maximum atomic E-state index is 12.6. The molecule has 3 rings (SSSR count). The van der Waals surface area contributed by atoms with Crippen molar-refractivity contribution in [2.24, 2.45) is 0 Å². The summed E-state index contributed by atoms with van der Waals surface area (Å²) < 4.78 is 0. The molecule has 1 unspecified atom stereocenters. The maximum absolute atomic E-state index is 12.6. The molecule has 7 heteroatoms. The first kappa shape index (κ1) is 20.1. The average Bonchev–Trinajstić information content (AvgIpc) is 2.65. The predicted molar refractivity (Wildman–Crippen MR) is 105 cm³/mol. The van der Waals surface area contributed by atoms with Crippen molar-refractivity contribution in [2.45, 2.75) is 36.6 Å². The summed E-state index contributed by atoms with van der Waals surface area (Å²) in [7, 11) is 1.94. The molecular weight excluding hydrogens is 358 g/mol. The van der Waals surface area contributed by atoms with Crippen LogP contribution in [0, 0.1) is 0 Å². The van der Waals surface area contributed by atoms with E-state index in [4.69, 9.17) is 0 Å². The lowest BCUT2D eigenvalue weighted by atomic mass is 10.1. The molecule has 1 aromatic carbocycles. The Bertz CT molecular complexity index is 614. The van der Waals surface area contributed by atoms with Gasteiger partial charge in [-0.3, -0.25) is 9.59 Å². The molecule has 25 heavy (non-hydrogen) atoms. The second-order valence-corrected chi connectivity index (χ2v) is 7.47. The fraction of sp³-hybridized carbons (Fsp3) is 0.556. The molecule has 0 saturated carbocycles. The lowest BCUT2D eigenvalue weighted by molar-refractivity contribution is -0.134. The quantitative estimate of drug-likeness (QED) is 0.868. The number of likely N-dealkylation sites (N-methyl/N-ethyl adjacent to an activating group) is 1. The van der Waals surface area contributed by atoms with Gasteiger partial charge in [-0.05, 0) is 32.0 Å². The van der Waals surface area contributed by atoms with Gasteiger partial charge in [0.2, 0.25) is 11.8 Å². The number of rotatable bonds is 4. The molecule has 0 radical (unpaired) electrons. The number of benzene rings is 1. The van der Waals surface area contributed by atoms with Gasteiger partial charge in [-0.15, -0.1) is 24.2 Å². The SMILES string of the molecule is CNC1CCCN(C(=O)CCC(=O)N2CCSc3ccccc32)C1.Cl. The third-order valence-electron chi connectivity index (χ3n) is 4.76. The van der Waals surface area contributed by atoms with E-state index in [1.165, 1.54) is 0 Å². The normalized spacial score (nSPS) is 19.8. The first-order chi connectivity index (χ1) is 11.7. The zero-order valence-electron chi connectivity index (χ0n) is 14.6. The first-order valence-electron chi connectivity index (χ1n) is 8.66. The lowest BCUT2D eigenvalue weighted by Crippen LogP contribution is -2.47. The Morgan fingerprint density at radius 1 is 1.20 bits per heavy atom. The summed E-state index contributed by atoms with van der Waals surface area (Å²) in [6.45, 7) is 2.29. The van der Waals surface area contributed by atoms with Crippen molar-refractivity contribution in [1.29, 1.82) is 0 Å². The van der Waals surface area contributed by atoms with Gasteiger partial charge in [0, 0.05) is 49.2 Å². The fourth-order valence-corrected chi connectivity index (χ4v) is 4.37. The number of fused-ring (bicyclic) bond motifs is 1. The molecule has 5 nitrogen and oxygen atoms in total. The van der Waals surface area contributed by atoms with Crippen LogP contribution < -0.4 is 10.2 Å². The summed E-state index contributed by atoms with van der Waals surface area (Å²) in [6.07, 6.45) is 2.74. The van der Waals surface area contributed by atoms with E-state index in [1.807, 2.05) is 35.0 Å². The third-order valence-corrected chi connectivity index (χ3v) is 5.81. The van der Waals surface area contributed by atoms with Crippen molar-refractivity contribution in [3.05, 3.63) is 24.3 Å². The molecule has 1 saturated heterocycles. The van der Waals surface area contributed by atoms with Crippen LogP contribution in [0.2, 0.25) is 0 Å². The molecule has 2 heterocycles. The number of amides is 2. The summed E-state index contributed by atoms with van der Waals surface area (Å²) in [4.78, 5) is 29.9. The first-order valence-corrected chi connectivity index (χ1v) is 9.65. The average molecular weight is 384 g/mol. The van der Waals surface area contributed by atoms with Crippen molar-refractivity contribution < 1.29 is 9.59 Å².